The molecule has 0 fully saturated rings. The summed E-state index contributed by atoms with van der Waals surface area (Å²) in [6.45, 7) is 2.24. The van der Waals surface area contributed by atoms with E-state index in [4.69, 9.17) is 5.73 Å². The molecule has 2 rings (SSSR count). The lowest BCUT2D eigenvalue weighted by Gasteiger charge is -2.27. The van der Waals surface area contributed by atoms with E-state index in [9.17, 15) is 0 Å². The first-order valence-electron chi connectivity index (χ1n) is 3.66. The summed E-state index contributed by atoms with van der Waals surface area (Å²) in [6, 6.07) is 6.18. The van der Waals surface area contributed by atoms with Crippen LogP contribution in [0.1, 0.15) is 24.0 Å². The van der Waals surface area contributed by atoms with Crippen molar-refractivity contribution in [3.63, 3.8) is 0 Å². The third-order valence-electron chi connectivity index (χ3n) is 2.29. The third-order valence-corrected chi connectivity index (χ3v) is 2.29. The fourth-order valence-corrected chi connectivity index (χ4v) is 1.61. The Hall–Kier alpha value is -0.980. The van der Waals surface area contributed by atoms with Crippen LogP contribution in [0, 0.1) is 0 Å². The molecular formula is C9H11N. The van der Waals surface area contributed by atoms with E-state index < -0.39 is 0 Å². The van der Waals surface area contributed by atoms with E-state index in [1.54, 1.807) is 0 Å². The average Bonchev–Trinajstić information content (AvgIpc) is 1.91. The molecule has 52 valence electrons. The largest absolute Gasteiger partial charge is 0.398 e. The summed E-state index contributed by atoms with van der Waals surface area (Å²) in [5.41, 5.74) is 9.52. The first kappa shape index (κ1) is 5.78. The van der Waals surface area contributed by atoms with Crippen LogP contribution in [0.2, 0.25) is 0 Å². The van der Waals surface area contributed by atoms with Gasteiger partial charge in [-0.15, -0.1) is 0 Å². The van der Waals surface area contributed by atoms with Gasteiger partial charge >= 0.3 is 0 Å². The Morgan fingerprint density at radius 3 is 2.90 bits per heavy atom. The summed E-state index contributed by atoms with van der Waals surface area (Å²) in [7, 11) is 0. The molecule has 1 aliphatic rings. The fraction of sp³-hybridized carbons (Fsp3) is 0.333. The van der Waals surface area contributed by atoms with Crippen LogP contribution in [-0.2, 0) is 6.42 Å². The molecule has 0 aromatic heterocycles. The Balaban J connectivity index is 2.56. The SMILES string of the molecule is C[C@@H]1Cc2c(N)cccc21. The molecule has 0 saturated heterocycles. The maximum Gasteiger partial charge on any atom is 0.0349 e. The van der Waals surface area contributed by atoms with Gasteiger partial charge in [0.25, 0.3) is 0 Å². The highest BCUT2D eigenvalue weighted by Gasteiger charge is 2.22. The molecule has 2 N–H and O–H groups in total. The van der Waals surface area contributed by atoms with Gasteiger partial charge in [0.1, 0.15) is 0 Å². The Bertz CT molecular complexity index is 265. The van der Waals surface area contributed by atoms with Gasteiger partial charge < -0.3 is 5.73 Å². The number of fused-ring (bicyclic) bond motifs is 1. The van der Waals surface area contributed by atoms with E-state index >= 15 is 0 Å². The van der Waals surface area contributed by atoms with Crippen LogP contribution in [0.15, 0.2) is 18.2 Å². The van der Waals surface area contributed by atoms with Gasteiger partial charge in [-0.25, -0.2) is 0 Å². The third kappa shape index (κ3) is 0.576. The van der Waals surface area contributed by atoms with Gasteiger partial charge in [-0.1, -0.05) is 19.1 Å². The molecule has 0 radical (unpaired) electrons. The molecule has 0 aliphatic heterocycles. The van der Waals surface area contributed by atoms with E-state index in [-0.39, 0.29) is 0 Å². The number of anilines is 1. The minimum absolute atomic E-state index is 0.735. The monoisotopic (exact) mass is 133 g/mol. The molecule has 0 amide bonds. The van der Waals surface area contributed by atoms with Crippen molar-refractivity contribution in [1.29, 1.82) is 0 Å². The van der Waals surface area contributed by atoms with Gasteiger partial charge in [0.15, 0.2) is 0 Å². The standard InChI is InChI=1S/C9H11N/c1-6-5-8-7(6)3-2-4-9(8)10/h2-4,6H,5,10H2,1H3/t6-/m1/s1. The van der Waals surface area contributed by atoms with Crippen molar-refractivity contribution in [1.82, 2.24) is 0 Å². The maximum absolute atomic E-state index is 5.73. The van der Waals surface area contributed by atoms with E-state index in [1.807, 2.05) is 12.1 Å². The fourth-order valence-electron chi connectivity index (χ4n) is 1.61. The summed E-state index contributed by atoms with van der Waals surface area (Å²) < 4.78 is 0. The average molecular weight is 133 g/mol. The van der Waals surface area contributed by atoms with Crippen LogP contribution in [0.25, 0.3) is 0 Å². The van der Waals surface area contributed by atoms with Crippen LogP contribution in [0.3, 0.4) is 0 Å². The van der Waals surface area contributed by atoms with Crippen LogP contribution < -0.4 is 5.73 Å². The predicted molar refractivity (Wildman–Crippen MR) is 43.0 cm³/mol. The summed E-state index contributed by atoms with van der Waals surface area (Å²) in [5.74, 6) is 0.735. The lowest BCUT2D eigenvalue weighted by atomic mass is 9.78. The number of nitrogens with two attached hydrogens (primary N) is 1. The Labute approximate surface area is 60.9 Å². The minimum Gasteiger partial charge on any atom is -0.398 e. The van der Waals surface area contributed by atoms with Crippen LogP contribution in [-0.4, -0.2) is 0 Å². The van der Waals surface area contributed by atoms with E-state index in [0.29, 0.717) is 0 Å². The quantitative estimate of drug-likeness (QED) is 0.538. The summed E-state index contributed by atoms with van der Waals surface area (Å²) >= 11 is 0. The highest BCUT2D eigenvalue weighted by atomic mass is 14.6. The molecule has 1 aromatic carbocycles. The molecule has 1 nitrogen and oxygen atoms in total. The second-order valence-electron chi connectivity index (χ2n) is 3.02. The first-order chi connectivity index (χ1) is 4.79. The summed E-state index contributed by atoms with van der Waals surface area (Å²) in [5, 5.41) is 0. The highest BCUT2D eigenvalue weighted by molar-refractivity contribution is 5.57. The molecule has 1 atom stereocenters. The second-order valence-corrected chi connectivity index (χ2v) is 3.02. The molecule has 0 spiro atoms. The molecule has 10 heavy (non-hydrogen) atoms. The first-order valence-corrected chi connectivity index (χ1v) is 3.66. The van der Waals surface area contributed by atoms with Crippen molar-refractivity contribution in [3.8, 4) is 0 Å². The van der Waals surface area contributed by atoms with Gasteiger partial charge in [-0.05, 0) is 29.5 Å². The molecule has 1 aliphatic carbocycles. The van der Waals surface area contributed by atoms with Crippen molar-refractivity contribution < 1.29 is 0 Å². The molecule has 0 heterocycles. The van der Waals surface area contributed by atoms with Gasteiger partial charge in [0.05, 0.1) is 0 Å². The van der Waals surface area contributed by atoms with Crippen LogP contribution in [0.5, 0.6) is 0 Å². The smallest absolute Gasteiger partial charge is 0.0349 e. The molecular weight excluding hydrogens is 122 g/mol. The van der Waals surface area contributed by atoms with Gasteiger partial charge in [-0.2, -0.15) is 0 Å². The number of hydrogen-bond acceptors (Lipinski definition) is 1. The van der Waals surface area contributed by atoms with E-state index in [1.165, 1.54) is 17.5 Å². The number of rotatable bonds is 0. The van der Waals surface area contributed by atoms with Crippen molar-refractivity contribution in [2.45, 2.75) is 19.3 Å². The second kappa shape index (κ2) is 1.75. The maximum atomic E-state index is 5.73. The van der Waals surface area contributed by atoms with E-state index in [2.05, 4.69) is 13.0 Å². The van der Waals surface area contributed by atoms with Crippen molar-refractivity contribution in [2.75, 3.05) is 5.73 Å². The summed E-state index contributed by atoms with van der Waals surface area (Å²) in [6.07, 6.45) is 1.17. The lowest BCUT2D eigenvalue weighted by Crippen LogP contribution is -2.15. The van der Waals surface area contributed by atoms with Gasteiger partial charge in [0, 0.05) is 5.69 Å². The predicted octanol–water partition coefficient (Wildman–Crippen LogP) is 1.93. The topological polar surface area (TPSA) is 26.0 Å². The number of nitrogen functional groups attached to an aromatic ring is 1. The van der Waals surface area contributed by atoms with Gasteiger partial charge in [-0.3, -0.25) is 0 Å². The molecule has 0 unspecified atom stereocenters. The molecule has 0 bridgehead atoms. The Kier molecular flexibility index (Phi) is 1.01. The Morgan fingerprint density at radius 2 is 2.30 bits per heavy atom. The number of hydrogen-bond donors (Lipinski definition) is 1. The zero-order valence-corrected chi connectivity index (χ0v) is 6.09. The molecule has 0 saturated carbocycles. The van der Waals surface area contributed by atoms with Crippen LogP contribution >= 0.6 is 0 Å². The van der Waals surface area contributed by atoms with Crippen molar-refractivity contribution in [3.05, 3.63) is 29.3 Å². The lowest BCUT2D eigenvalue weighted by molar-refractivity contribution is 0.670. The summed E-state index contributed by atoms with van der Waals surface area (Å²) in [4.78, 5) is 0. The highest BCUT2D eigenvalue weighted by Crippen LogP contribution is 2.37. The minimum atomic E-state index is 0.735. The number of benzene rings is 1. The Morgan fingerprint density at radius 1 is 1.50 bits per heavy atom. The van der Waals surface area contributed by atoms with Crippen molar-refractivity contribution in [2.24, 2.45) is 0 Å². The van der Waals surface area contributed by atoms with Gasteiger partial charge in [0.2, 0.25) is 0 Å². The molecule has 1 aromatic rings. The zero-order valence-electron chi connectivity index (χ0n) is 6.09. The van der Waals surface area contributed by atoms with Crippen LogP contribution in [0.4, 0.5) is 5.69 Å². The molecule has 1 heteroatoms. The zero-order chi connectivity index (χ0) is 7.14. The van der Waals surface area contributed by atoms with Crippen molar-refractivity contribution >= 4 is 5.69 Å². The van der Waals surface area contributed by atoms with E-state index in [0.717, 1.165) is 11.6 Å². The normalized spacial score (nSPS) is 21.5.